The maximum absolute atomic E-state index is 10.6. The van der Waals surface area contributed by atoms with Gasteiger partial charge in [-0.3, -0.25) is 4.79 Å². The molecule has 1 aromatic heterocycles. The Hall–Kier alpha value is -1.05. The number of rotatable bonds is 4. The van der Waals surface area contributed by atoms with Crippen LogP contribution in [0.1, 0.15) is 36.3 Å². The van der Waals surface area contributed by atoms with Gasteiger partial charge < -0.3 is 4.57 Å². The zero-order chi connectivity index (χ0) is 8.97. The molecule has 0 aliphatic carbocycles. The molecule has 0 amide bonds. The smallest absolute Gasteiger partial charge is 0.166 e. The van der Waals surface area contributed by atoms with E-state index in [1.165, 1.54) is 5.56 Å². The number of carbonyl (C=O) groups excluding carboxylic acids is 1. The van der Waals surface area contributed by atoms with E-state index in [1.807, 2.05) is 10.6 Å². The highest BCUT2D eigenvalue weighted by atomic mass is 16.1. The lowest BCUT2D eigenvalue weighted by molar-refractivity contribution is 0.111. The Morgan fingerprint density at radius 2 is 2.25 bits per heavy atom. The van der Waals surface area contributed by atoms with Gasteiger partial charge in [0.2, 0.25) is 0 Å². The Kier molecular flexibility index (Phi) is 3.09. The van der Waals surface area contributed by atoms with Crippen LogP contribution in [0.3, 0.4) is 0 Å². The first kappa shape index (κ1) is 9.04. The van der Waals surface area contributed by atoms with Gasteiger partial charge in [-0.1, -0.05) is 13.8 Å². The van der Waals surface area contributed by atoms with Gasteiger partial charge in [0.25, 0.3) is 0 Å². The first-order valence-electron chi connectivity index (χ1n) is 4.46. The van der Waals surface area contributed by atoms with Crippen molar-refractivity contribution in [3.8, 4) is 0 Å². The predicted molar refractivity (Wildman–Crippen MR) is 49.5 cm³/mol. The van der Waals surface area contributed by atoms with E-state index in [2.05, 4.69) is 20.0 Å². The van der Waals surface area contributed by atoms with E-state index in [0.29, 0.717) is 0 Å². The van der Waals surface area contributed by atoms with E-state index in [9.17, 15) is 4.79 Å². The molecule has 66 valence electrons. The molecule has 0 unspecified atom stereocenters. The van der Waals surface area contributed by atoms with Crippen LogP contribution in [0, 0.1) is 0 Å². The average Bonchev–Trinajstić information content (AvgIpc) is 2.48. The van der Waals surface area contributed by atoms with Gasteiger partial charge in [0.15, 0.2) is 6.29 Å². The minimum atomic E-state index is 0.800. The number of nitrogens with zero attached hydrogens (tertiary/aromatic N) is 1. The van der Waals surface area contributed by atoms with Gasteiger partial charge in [0.1, 0.15) is 0 Å². The van der Waals surface area contributed by atoms with Crippen molar-refractivity contribution in [1.29, 1.82) is 0 Å². The molecule has 0 radical (unpaired) electrons. The van der Waals surface area contributed by atoms with Crippen molar-refractivity contribution in [2.75, 3.05) is 0 Å². The number of carbonyl (C=O) groups is 1. The molecule has 12 heavy (non-hydrogen) atoms. The lowest BCUT2D eigenvalue weighted by Crippen LogP contribution is -1.98. The highest BCUT2D eigenvalue weighted by Gasteiger charge is 2.01. The normalized spacial score (nSPS) is 10.2. The van der Waals surface area contributed by atoms with Crippen LogP contribution in [0.25, 0.3) is 0 Å². The molecule has 1 heterocycles. The Bertz CT molecular complexity index is 263. The first-order valence-corrected chi connectivity index (χ1v) is 4.46. The van der Waals surface area contributed by atoms with E-state index < -0.39 is 0 Å². The molecule has 0 spiro atoms. The number of hydrogen-bond acceptors (Lipinski definition) is 1. The topological polar surface area (TPSA) is 22.0 Å². The number of aromatic nitrogens is 1. The Morgan fingerprint density at radius 3 is 2.75 bits per heavy atom. The highest BCUT2D eigenvalue weighted by Crippen LogP contribution is 2.08. The summed E-state index contributed by atoms with van der Waals surface area (Å²) in [6.45, 7) is 5.15. The third-order valence-corrected chi connectivity index (χ3v) is 1.98. The zero-order valence-electron chi connectivity index (χ0n) is 7.71. The molecule has 0 aliphatic rings. The molecular formula is C10H15NO. The quantitative estimate of drug-likeness (QED) is 0.627. The summed E-state index contributed by atoms with van der Waals surface area (Å²) in [7, 11) is 0. The van der Waals surface area contributed by atoms with Crippen LogP contribution in [-0.2, 0) is 13.0 Å². The zero-order valence-corrected chi connectivity index (χ0v) is 7.71. The molecule has 2 heteroatoms. The van der Waals surface area contributed by atoms with Gasteiger partial charge in [-0.2, -0.15) is 0 Å². The van der Waals surface area contributed by atoms with E-state index in [0.717, 1.165) is 31.4 Å². The van der Waals surface area contributed by atoms with Crippen molar-refractivity contribution in [3.63, 3.8) is 0 Å². The lowest BCUT2D eigenvalue weighted by atomic mass is 10.2. The molecule has 0 bridgehead atoms. The molecule has 0 aromatic carbocycles. The van der Waals surface area contributed by atoms with Crippen LogP contribution in [0.4, 0.5) is 0 Å². The van der Waals surface area contributed by atoms with Crippen molar-refractivity contribution < 1.29 is 4.79 Å². The second-order valence-corrected chi connectivity index (χ2v) is 2.94. The largest absolute Gasteiger partial charge is 0.345 e. The van der Waals surface area contributed by atoms with E-state index in [1.54, 1.807) is 0 Å². The molecule has 0 fully saturated rings. The fourth-order valence-corrected chi connectivity index (χ4v) is 1.31. The van der Waals surface area contributed by atoms with Gasteiger partial charge in [0, 0.05) is 12.7 Å². The van der Waals surface area contributed by atoms with Crippen molar-refractivity contribution in [2.24, 2.45) is 0 Å². The first-order chi connectivity index (χ1) is 5.81. The van der Waals surface area contributed by atoms with Crippen LogP contribution < -0.4 is 0 Å². The summed E-state index contributed by atoms with van der Waals surface area (Å²) in [6.07, 6.45) is 5.05. The van der Waals surface area contributed by atoms with Crippen molar-refractivity contribution in [3.05, 3.63) is 23.5 Å². The van der Waals surface area contributed by atoms with Crippen LogP contribution >= 0.6 is 0 Å². The Morgan fingerprint density at radius 1 is 1.50 bits per heavy atom. The summed E-state index contributed by atoms with van der Waals surface area (Å²) < 4.78 is 2.02. The number of aldehydes is 1. The third-order valence-electron chi connectivity index (χ3n) is 1.98. The summed E-state index contributed by atoms with van der Waals surface area (Å²) in [4.78, 5) is 10.6. The SMILES string of the molecule is CCCn1cc(CC)cc1C=O. The van der Waals surface area contributed by atoms with Crippen molar-refractivity contribution in [2.45, 2.75) is 33.2 Å². The molecule has 0 saturated carbocycles. The molecule has 1 aromatic rings. The van der Waals surface area contributed by atoms with Crippen molar-refractivity contribution in [1.82, 2.24) is 4.57 Å². The van der Waals surface area contributed by atoms with Crippen LogP contribution in [-0.4, -0.2) is 10.9 Å². The van der Waals surface area contributed by atoms with Crippen LogP contribution in [0.2, 0.25) is 0 Å². The maximum atomic E-state index is 10.6. The summed E-state index contributed by atoms with van der Waals surface area (Å²) >= 11 is 0. The fraction of sp³-hybridized carbons (Fsp3) is 0.500. The lowest BCUT2D eigenvalue weighted by Gasteiger charge is -2.00. The van der Waals surface area contributed by atoms with Gasteiger partial charge in [0.05, 0.1) is 5.69 Å². The molecule has 0 atom stereocenters. The van der Waals surface area contributed by atoms with Gasteiger partial charge >= 0.3 is 0 Å². The van der Waals surface area contributed by atoms with Crippen LogP contribution in [0.5, 0.6) is 0 Å². The number of hydrogen-bond donors (Lipinski definition) is 0. The molecule has 0 N–H and O–H groups in total. The summed E-state index contributed by atoms with van der Waals surface area (Å²) in [5.74, 6) is 0. The van der Waals surface area contributed by atoms with Gasteiger partial charge in [-0.15, -0.1) is 0 Å². The monoisotopic (exact) mass is 165 g/mol. The third kappa shape index (κ3) is 1.76. The summed E-state index contributed by atoms with van der Waals surface area (Å²) in [5, 5.41) is 0. The van der Waals surface area contributed by atoms with Gasteiger partial charge in [-0.05, 0) is 24.5 Å². The minimum absolute atomic E-state index is 0.800. The maximum Gasteiger partial charge on any atom is 0.166 e. The Balaban J connectivity index is 2.91. The van der Waals surface area contributed by atoms with Gasteiger partial charge in [-0.25, -0.2) is 0 Å². The minimum Gasteiger partial charge on any atom is -0.345 e. The second kappa shape index (κ2) is 4.10. The van der Waals surface area contributed by atoms with E-state index in [4.69, 9.17) is 0 Å². The van der Waals surface area contributed by atoms with E-state index in [-0.39, 0.29) is 0 Å². The second-order valence-electron chi connectivity index (χ2n) is 2.94. The molecule has 0 aliphatic heterocycles. The summed E-state index contributed by atoms with van der Waals surface area (Å²) in [6, 6.07) is 1.96. The van der Waals surface area contributed by atoms with Crippen molar-refractivity contribution >= 4 is 6.29 Å². The Labute approximate surface area is 73.2 Å². The standard InChI is InChI=1S/C10H15NO/c1-3-5-11-7-9(4-2)6-10(11)8-12/h6-8H,3-5H2,1-2H3. The van der Waals surface area contributed by atoms with Crippen LogP contribution in [0.15, 0.2) is 12.3 Å². The molecular weight excluding hydrogens is 150 g/mol. The number of aryl methyl sites for hydroxylation is 2. The predicted octanol–water partition coefficient (Wildman–Crippen LogP) is 2.27. The molecule has 0 saturated heterocycles. The van der Waals surface area contributed by atoms with E-state index >= 15 is 0 Å². The molecule has 1 rings (SSSR count). The highest BCUT2D eigenvalue weighted by molar-refractivity contribution is 5.72. The summed E-state index contributed by atoms with van der Waals surface area (Å²) in [5.41, 5.74) is 2.04. The average molecular weight is 165 g/mol. The molecule has 2 nitrogen and oxygen atoms in total. The fourth-order valence-electron chi connectivity index (χ4n) is 1.31.